The first-order chi connectivity index (χ1) is 14.5. The van der Waals surface area contributed by atoms with Crippen molar-refractivity contribution >= 4 is 22.8 Å². The van der Waals surface area contributed by atoms with Crippen molar-refractivity contribution in [3.63, 3.8) is 0 Å². The van der Waals surface area contributed by atoms with Crippen LogP contribution in [-0.2, 0) is 24.3 Å². The van der Waals surface area contributed by atoms with Crippen molar-refractivity contribution < 1.29 is 9.59 Å². The van der Waals surface area contributed by atoms with E-state index in [1.165, 1.54) is 0 Å². The molecule has 0 unspecified atom stereocenters. The van der Waals surface area contributed by atoms with Gasteiger partial charge in [0, 0.05) is 31.6 Å². The summed E-state index contributed by atoms with van der Waals surface area (Å²) in [5.41, 5.74) is 3.78. The number of nitrogens with zero attached hydrogens (tertiary/aromatic N) is 3. The standard InChI is InChI=1S/C24H28N4O2/c1-16(2)14-28-21-11-7-6-10-20(21)26-22(28)12-13-25-23(29)17(3)27-15-18-8-4-5-9-19(18)24(27)30/h4-11,16-17H,12-15H2,1-3H3,(H,25,29)/t17-/m0/s1. The van der Waals surface area contributed by atoms with E-state index in [4.69, 9.17) is 4.98 Å². The van der Waals surface area contributed by atoms with Crippen molar-refractivity contribution in [3.05, 3.63) is 65.5 Å². The lowest BCUT2D eigenvalue weighted by molar-refractivity contribution is -0.125. The highest BCUT2D eigenvalue weighted by molar-refractivity contribution is 6.01. The van der Waals surface area contributed by atoms with Gasteiger partial charge in [-0.05, 0) is 36.6 Å². The predicted molar refractivity (Wildman–Crippen MR) is 117 cm³/mol. The Morgan fingerprint density at radius 2 is 1.83 bits per heavy atom. The number of rotatable bonds is 7. The minimum absolute atomic E-state index is 0.0769. The second-order valence-corrected chi connectivity index (χ2v) is 8.33. The van der Waals surface area contributed by atoms with Crippen LogP contribution in [0.3, 0.4) is 0 Å². The van der Waals surface area contributed by atoms with E-state index in [0.29, 0.717) is 31.0 Å². The molecule has 0 bridgehead atoms. The van der Waals surface area contributed by atoms with Crippen LogP contribution in [0, 0.1) is 5.92 Å². The van der Waals surface area contributed by atoms with Crippen LogP contribution < -0.4 is 5.32 Å². The van der Waals surface area contributed by atoms with Crippen molar-refractivity contribution in [1.82, 2.24) is 19.8 Å². The number of nitrogens with one attached hydrogen (secondary N) is 1. The van der Waals surface area contributed by atoms with Gasteiger partial charge in [-0.2, -0.15) is 0 Å². The Kier molecular flexibility index (Phi) is 5.57. The average molecular weight is 405 g/mol. The largest absolute Gasteiger partial charge is 0.354 e. The van der Waals surface area contributed by atoms with Gasteiger partial charge in [-0.25, -0.2) is 4.98 Å². The van der Waals surface area contributed by atoms with Gasteiger partial charge in [-0.1, -0.05) is 44.2 Å². The van der Waals surface area contributed by atoms with Gasteiger partial charge in [-0.15, -0.1) is 0 Å². The van der Waals surface area contributed by atoms with E-state index in [9.17, 15) is 9.59 Å². The Morgan fingerprint density at radius 3 is 2.60 bits per heavy atom. The summed E-state index contributed by atoms with van der Waals surface area (Å²) in [7, 11) is 0. The molecule has 2 amide bonds. The summed E-state index contributed by atoms with van der Waals surface area (Å²) in [6.07, 6.45) is 0.647. The zero-order chi connectivity index (χ0) is 21.3. The van der Waals surface area contributed by atoms with Crippen molar-refractivity contribution in [2.75, 3.05) is 6.54 Å². The normalized spacial score (nSPS) is 14.4. The Hall–Kier alpha value is -3.15. The van der Waals surface area contributed by atoms with Gasteiger partial charge in [0.15, 0.2) is 0 Å². The fourth-order valence-electron chi connectivity index (χ4n) is 4.06. The Morgan fingerprint density at radius 1 is 1.10 bits per heavy atom. The third kappa shape index (κ3) is 3.82. The fraction of sp³-hybridized carbons (Fsp3) is 0.375. The number of amides is 2. The lowest BCUT2D eigenvalue weighted by atomic mass is 10.1. The summed E-state index contributed by atoms with van der Waals surface area (Å²) in [5, 5.41) is 2.99. The van der Waals surface area contributed by atoms with Gasteiger partial charge in [-0.3, -0.25) is 9.59 Å². The second kappa shape index (κ2) is 8.30. The highest BCUT2D eigenvalue weighted by atomic mass is 16.2. The summed E-state index contributed by atoms with van der Waals surface area (Å²) in [4.78, 5) is 31.7. The van der Waals surface area contributed by atoms with E-state index in [1.807, 2.05) is 42.5 Å². The molecule has 6 heteroatoms. The van der Waals surface area contributed by atoms with Crippen LogP contribution in [0.25, 0.3) is 11.0 Å². The van der Waals surface area contributed by atoms with Crippen LogP contribution >= 0.6 is 0 Å². The number of para-hydroxylation sites is 2. The van der Waals surface area contributed by atoms with Gasteiger partial charge in [0.25, 0.3) is 5.91 Å². The Labute approximate surface area is 176 Å². The molecule has 1 N–H and O–H groups in total. The van der Waals surface area contributed by atoms with E-state index in [0.717, 1.165) is 29.0 Å². The van der Waals surface area contributed by atoms with Gasteiger partial charge in [0.1, 0.15) is 11.9 Å². The van der Waals surface area contributed by atoms with Crippen LogP contribution in [0.15, 0.2) is 48.5 Å². The highest BCUT2D eigenvalue weighted by Gasteiger charge is 2.33. The van der Waals surface area contributed by atoms with Crippen molar-refractivity contribution in [2.24, 2.45) is 5.92 Å². The van der Waals surface area contributed by atoms with Crippen LogP contribution in [0.1, 0.15) is 42.5 Å². The van der Waals surface area contributed by atoms with E-state index >= 15 is 0 Å². The molecule has 0 saturated carbocycles. The van der Waals surface area contributed by atoms with E-state index in [2.05, 4.69) is 29.8 Å². The molecule has 0 fully saturated rings. The third-order valence-corrected chi connectivity index (χ3v) is 5.63. The molecule has 4 rings (SSSR count). The Balaban J connectivity index is 1.40. The molecule has 0 saturated heterocycles. The minimum atomic E-state index is -0.514. The molecule has 1 aromatic heterocycles. The molecule has 30 heavy (non-hydrogen) atoms. The number of aromatic nitrogens is 2. The summed E-state index contributed by atoms with van der Waals surface area (Å²) < 4.78 is 2.25. The molecule has 0 radical (unpaired) electrons. The first-order valence-electron chi connectivity index (χ1n) is 10.6. The molecule has 156 valence electrons. The van der Waals surface area contributed by atoms with Gasteiger partial charge in [0.05, 0.1) is 11.0 Å². The molecule has 1 aliphatic rings. The zero-order valence-electron chi connectivity index (χ0n) is 17.8. The van der Waals surface area contributed by atoms with Crippen LogP contribution in [0.4, 0.5) is 0 Å². The number of carbonyl (C=O) groups is 2. The van der Waals surface area contributed by atoms with Crippen molar-refractivity contribution in [3.8, 4) is 0 Å². The van der Waals surface area contributed by atoms with Crippen LogP contribution in [-0.4, -0.2) is 38.9 Å². The maximum absolute atomic E-state index is 12.7. The maximum Gasteiger partial charge on any atom is 0.255 e. The molecular weight excluding hydrogens is 376 g/mol. The van der Waals surface area contributed by atoms with Gasteiger partial charge < -0.3 is 14.8 Å². The number of imidazole rings is 1. The molecule has 3 aromatic rings. The molecule has 6 nitrogen and oxygen atoms in total. The molecule has 2 heterocycles. The van der Waals surface area contributed by atoms with Crippen LogP contribution in [0.2, 0.25) is 0 Å². The summed E-state index contributed by atoms with van der Waals surface area (Å²) in [5.74, 6) is 1.26. The van der Waals surface area contributed by atoms with Crippen molar-refractivity contribution in [2.45, 2.75) is 46.3 Å². The van der Waals surface area contributed by atoms with E-state index < -0.39 is 6.04 Å². The molecule has 0 spiro atoms. The zero-order valence-corrected chi connectivity index (χ0v) is 17.8. The monoisotopic (exact) mass is 404 g/mol. The first-order valence-corrected chi connectivity index (χ1v) is 10.6. The lowest BCUT2D eigenvalue weighted by Gasteiger charge is -2.23. The SMILES string of the molecule is CC(C)Cn1c(CCNC(=O)[C@H](C)N2Cc3ccccc3C2=O)nc2ccccc21. The lowest BCUT2D eigenvalue weighted by Crippen LogP contribution is -2.45. The summed E-state index contributed by atoms with van der Waals surface area (Å²) in [6.45, 7) is 8.02. The van der Waals surface area contributed by atoms with Crippen molar-refractivity contribution in [1.29, 1.82) is 0 Å². The Bertz CT molecular complexity index is 1090. The number of hydrogen-bond acceptors (Lipinski definition) is 3. The molecule has 2 aromatic carbocycles. The van der Waals surface area contributed by atoms with Crippen LogP contribution in [0.5, 0.6) is 0 Å². The maximum atomic E-state index is 12.7. The topological polar surface area (TPSA) is 67.2 Å². The highest BCUT2D eigenvalue weighted by Crippen LogP contribution is 2.24. The molecule has 0 aliphatic carbocycles. The minimum Gasteiger partial charge on any atom is -0.354 e. The second-order valence-electron chi connectivity index (χ2n) is 8.33. The third-order valence-electron chi connectivity index (χ3n) is 5.63. The summed E-state index contributed by atoms with van der Waals surface area (Å²) >= 11 is 0. The number of carbonyl (C=O) groups excluding carboxylic acids is 2. The molecule has 1 atom stereocenters. The number of benzene rings is 2. The smallest absolute Gasteiger partial charge is 0.255 e. The number of hydrogen-bond donors (Lipinski definition) is 1. The predicted octanol–water partition coefficient (Wildman–Crippen LogP) is 3.40. The van der Waals surface area contributed by atoms with Gasteiger partial charge >= 0.3 is 0 Å². The van der Waals surface area contributed by atoms with E-state index in [-0.39, 0.29) is 11.8 Å². The quantitative estimate of drug-likeness (QED) is 0.656. The summed E-state index contributed by atoms with van der Waals surface area (Å²) in [6, 6.07) is 15.2. The van der Waals surface area contributed by atoms with E-state index in [1.54, 1.807) is 11.8 Å². The fourth-order valence-corrected chi connectivity index (χ4v) is 4.06. The first kappa shape index (κ1) is 20.1. The molecular formula is C24H28N4O2. The number of fused-ring (bicyclic) bond motifs is 2. The molecule has 1 aliphatic heterocycles. The average Bonchev–Trinajstić information content (AvgIpc) is 3.25. The van der Waals surface area contributed by atoms with Gasteiger partial charge in [0.2, 0.25) is 5.91 Å².